The van der Waals surface area contributed by atoms with Crippen molar-refractivity contribution < 1.29 is 9.53 Å². The summed E-state index contributed by atoms with van der Waals surface area (Å²) in [5, 5.41) is 9.13. The van der Waals surface area contributed by atoms with Crippen molar-refractivity contribution in [3.05, 3.63) is 112 Å². The standard InChI is InChI=1S/C29H29N3O2S/c1-29(27(33)32-28-31-14-15-35-28)17-23-11-8-21(16-25(23)26(29)22-6-4-3-5-7-22)19-30-18-20-9-12-24(34-2)13-10-20/h3-16,26,30H,17-19H2,1-2H3,(H,31,32,33)/t26-,29+/m0/s1. The first kappa shape index (κ1) is 23.3. The van der Waals surface area contributed by atoms with E-state index in [9.17, 15) is 4.79 Å². The zero-order valence-corrected chi connectivity index (χ0v) is 20.8. The van der Waals surface area contributed by atoms with Crippen LogP contribution in [-0.4, -0.2) is 18.0 Å². The number of rotatable bonds is 8. The maximum absolute atomic E-state index is 13.6. The van der Waals surface area contributed by atoms with Crippen molar-refractivity contribution in [3.8, 4) is 5.75 Å². The van der Waals surface area contributed by atoms with Gasteiger partial charge in [-0.05, 0) is 53.3 Å². The van der Waals surface area contributed by atoms with Gasteiger partial charge in [-0.3, -0.25) is 4.79 Å². The fourth-order valence-electron chi connectivity index (χ4n) is 5.05. The molecule has 0 fully saturated rings. The molecule has 1 heterocycles. The van der Waals surface area contributed by atoms with Crippen LogP contribution in [0, 0.1) is 5.41 Å². The van der Waals surface area contributed by atoms with Gasteiger partial charge in [0.25, 0.3) is 0 Å². The summed E-state index contributed by atoms with van der Waals surface area (Å²) in [6.07, 6.45) is 2.41. The van der Waals surface area contributed by atoms with Crippen LogP contribution < -0.4 is 15.4 Å². The minimum Gasteiger partial charge on any atom is -0.497 e. The normalized spacial score (nSPS) is 18.7. The smallest absolute Gasteiger partial charge is 0.233 e. The number of fused-ring (bicyclic) bond motifs is 1. The Balaban J connectivity index is 1.38. The molecule has 178 valence electrons. The van der Waals surface area contributed by atoms with Crippen molar-refractivity contribution in [3.63, 3.8) is 0 Å². The second kappa shape index (κ2) is 10.0. The van der Waals surface area contributed by atoms with Gasteiger partial charge in [-0.15, -0.1) is 11.3 Å². The van der Waals surface area contributed by atoms with Gasteiger partial charge < -0.3 is 15.4 Å². The van der Waals surface area contributed by atoms with Gasteiger partial charge in [0, 0.05) is 30.6 Å². The summed E-state index contributed by atoms with van der Waals surface area (Å²) in [4.78, 5) is 17.8. The Bertz CT molecular complexity index is 1290. The number of hydrogen-bond acceptors (Lipinski definition) is 5. The average molecular weight is 484 g/mol. The first-order chi connectivity index (χ1) is 17.1. The third-order valence-corrected chi connectivity index (χ3v) is 7.53. The number of methoxy groups -OCH3 is 1. The molecule has 2 N–H and O–H groups in total. The van der Waals surface area contributed by atoms with Gasteiger partial charge in [0.1, 0.15) is 5.75 Å². The van der Waals surface area contributed by atoms with E-state index in [0.29, 0.717) is 11.6 Å². The van der Waals surface area contributed by atoms with Crippen LogP contribution in [-0.2, 0) is 24.3 Å². The van der Waals surface area contributed by atoms with E-state index in [2.05, 4.69) is 65.0 Å². The molecule has 0 aliphatic heterocycles. The fraction of sp³-hybridized carbons (Fsp3) is 0.241. The molecule has 0 saturated carbocycles. The highest BCUT2D eigenvalue weighted by Gasteiger charge is 2.48. The minimum atomic E-state index is -0.607. The van der Waals surface area contributed by atoms with Crippen molar-refractivity contribution in [2.45, 2.75) is 32.4 Å². The van der Waals surface area contributed by atoms with Gasteiger partial charge >= 0.3 is 0 Å². The second-order valence-corrected chi connectivity index (χ2v) is 10.1. The number of nitrogens with zero attached hydrogens (tertiary/aromatic N) is 1. The summed E-state index contributed by atoms with van der Waals surface area (Å²) < 4.78 is 5.24. The van der Waals surface area contributed by atoms with Gasteiger partial charge in [0.05, 0.1) is 12.5 Å². The van der Waals surface area contributed by atoms with Crippen molar-refractivity contribution in [2.24, 2.45) is 5.41 Å². The maximum atomic E-state index is 13.6. The third kappa shape index (κ3) is 4.85. The molecule has 0 spiro atoms. The van der Waals surface area contributed by atoms with Gasteiger partial charge in [-0.2, -0.15) is 0 Å². The molecule has 1 aliphatic rings. The van der Waals surface area contributed by atoms with E-state index < -0.39 is 5.41 Å². The number of aromatic nitrogens is 1. The second-order valence-electron chi connectivity index (χ2n) is 9.21. The van der Waals surface area contributed by atoms with Gasteiger partial charge in [-0.1, -0.05) is 60.7 Å². The monoisotopic (exact) mass is 483 g/mol. The van der Waals surface area contributed by atoms with E-state index in [1.165, 1.54) is 33.6 Å². The Kier molecular flexibility index (Phi) is 6.66. The number of carbonyl (C=O) groups excluding carboxylic acids is 1. The number of thiazole rings is 1. The number of carbonyl (C=O) groups is 1. The van der Waals surface area contributed by atoms with Crippen LogP contribution in [0.15, 0.2) is 84.4 Å². The van der Waals surface area contributed by atoms with Crippen LogP contribution in [0.1, 0.15) is 40.7 Å². The molecule has 1 amide bonds. The van der Waals surface area contributed by atoms with Crippen LogP contribution >= 0.6 is 11.3 Å². The number of nitrogens with one attached hydrogen (secondary N) is 2. The summed E-state index contributed by atoms with van der Waals surface area (Å²) in [5.41, 5.74) is 5.44. The maximum Gasteiger partial charge on any atom is 0.233 e. The number of amides is 1. The van der Waals surface area contributed by atoms with E-state index >= 15 is 0 Å². The lowest BCUT2D eigenvalue weighted by Crippen LogP contribution is -2.37. The molecule has 0 saturated heterocycles. The first-order valence-electron chi connectivity index (χ1n) is 11.8. The largest absolute Gasteiger partial charge is 0.497 e. The summed E-state index contributed by atoms with van der Waals surface area (Å²) in [7, 11) is 1.68. The molecule has 3 aromatic carbocycles. The lowest BCUT2D eigenvalue weighted by Gasteiger charge is -2.31. The molecule has 5 rings (SSSR count). The van der Waals surface area contributed by atoms with E-state index in [4.69, 9.17) is 4.74 Å². The Labute approximate surface area is 210 Å². The Hall–Kier alpha value is -3.48. The van der Waals surface area contributed by atoms with Crippen LogP contribution in [0.25, 0.3) is 0 Å². The molecule has 0 bridgehead atoms. The number of ether oxygens (including phenoxy) is 1. The highest BCUT2D eigenvalue weighted by molar-refractivity contribution is 7.13. The summed E-state index contributed by atoms with van der Waals surface area (Å²) in [6.45, 7) is 3.61. The molecule has 5 nitrogen and oxygen atoms in total. The lowest BCUT2D eigenvalue weighted by molar-refractivity contribution is -0.125. The SMILES string of the molecule is COc1ccc(CNCc2ccc3c(c2)[C@H](c2ccccc2)[C@](C)(C(=O)Nc2nccs2)C3)cc1. The molecule has 1 aromatic heterocycles. The van der Waals surface area contributed by atoms with Crippen molar-refractivity contribution >= 4 is 22.4 Å². The van der Waals surface area contributed by atoms with Gasteiger partial charge in [0.15, 0.2) is 5.13 Å². The van der Waals surface area contributed by atoms with Crippen LogP contribution in [0.5, 0.6) is 5.75 Å². The third-order valence-electron chi connectivity index (χ3n) is 6.84. The number of anilines is 1. The van der Waals surface area contributed by atoms with Crippen LogP contribution in [0.2, 0.25) is 0 Å². The Morgan fingerprint density at radius 3 is 2.51 bits per heavy atom. The summed E-state index contributed by atoms with van der Waals surface area (Å²) in [6, 6.07) is 25.1. The Morgan fingerprint density at radius 2 is 1.80 bits per heavy atom. The number of benzene rings is 3. The predicted octanol–water partition coefficient (Wildman–Crippen LogP) is 5.77. The van der Waals surface area contributed by atoms with Gasteiger partial charge in [0.2, 0.25) is 5.91 Å². The highest BCUT2D eigenvalue weighted by atomic mass is 32.1. The Morgan fingerprint density at radius 1 is 1.06 bits per heavy atom. The topological polar surface area (TPSA) is 63.2 Å². The minimum absolute atomic E-state index is 0.0108. The van der Waals surface area contributed by atoms with Crippen LogP contribution in [0.3, 0.4) is 0 Å². The fourth-order valence-corrected chi connectivity index (χ4v) is 5.57. The highest BCUT2D eigenvalue weighted by Crippen LogP contribution is 2.51. The van der Waals surface area contributed by atoms with E-state index in [0.717, 1.165) is 24.4 Å². The van der Waals surface area contributed by atoms with Crippen molar-refractivity contribution in [1.82, 2.24) is 10.3 Å². The van der Waals surface area contributed by atoms with Crippen molar-refractivity contribution in [1.29, 1.82) is 0 Å². The zero-order valence-electron chi connectivity index (χ0n) is 20.0. The summed E-state index contributed by atoms with van der Waals surface area (Å²) >= 11 is 1.44. The van der Waals surface area contributed by atoms with Crippen LogP contribution in [0.4, 0.5) is 5.13 Å². The molecular weight excluding hydrogens is 454 g/mol. The van der Waals surface area contributed by atoms with E-state index in [1.807, 2.05) is 35.7 Å². The summed E-state index contributed by atoms with van der Waals surface area (Å²) in [5.74, 6) is 0.846. The molecular formula is C29H29N3O2S. The molecule has 2 atom stereocenters. The zero-order chi connectivity index (χ0) is 24.3. The quantitative estimate of drug-likeness (QED) is 0.334. The average Bonchev–Trinajstić information content (AvgIpc) is 3.50. The molecule has 6 heteroatoms. The van der Waals surface area contributed by atoms with E-state index in [1.54, 1.807) is 13.3 Å². The first-order valence-corrected chi connectivity index (χ1v) is 12.7. The molecule has 4 aromatic rings. The predicted molar refractivity (Wildman–Crippen MR) is 141 cm³/mol. The molecule has 0 unspecified atom stereocenters. The number of hydrogen-bond donors (Lipinski definition) is 2. The molecule has 0 radical (unpaired) electrons. The lowest BCUT2D eigenvalue weighted by atomic mass is 9.73. The van der Waals surface area contributed by atoms with Crippen molar-refractivity contribution in [2.75, 3.05) is 12.4 Å². The molecule has 35 heavy (non-hydrogen) atoms. The van der Waals surface area contributed by atoms with E-state index in [-0.39, 0.29) is 11.8 Å². The molecule has 1 aliphatic carbocycles. The van der Waals surface area contributed by atoms with Gasteiger partial charge in [-0.25, -0.2) is 4.98 Å².